The number of anilines is 1. The zero-order valence-electron chi connectivity index (χ0n) is 15.9. The summed E-state index contributed by atoms with van der Waals surface area (Å²) in [5.74, 6) is -0.716. The van der Waals surface area contributed by atoms with Gasteiger partial charge in [-0.1, -0.05) is 26.2 Å². The van der Waals surface area contributed by atoms with Crippen LogP contribution in [-0.4, -0.2) is 41.9 Å². The number of amides is 2. The number of rotatable bonds is 6. The van der Waals surface area contributed by atoms with Crippen LogP contribution in [-0.2, 0) is 14.3 Å². The van der Waals surface area contributed by atoms with Gasteiger partial charge in [0.05, 0.1) is 18.1 Å². The van der Waals surface area contributed by atoms with Crippen molar-refractivity contribution >= 4 is 23.5 Å². The third kappa shape index (κ3) is 4.87. The topological polar surface area (TPSA) is 75.7 Å². The molecule has 27 heavy (non-hydrogen) atoms. The predicted molar refractivity (Wildman–Crippen MR) is 102 cm³/mol. The molecule has 1 aliphatic carbocycles. The predicted octanol–water partition coefficient (Wildman–Crippen LogP) is 3.37. The summed E-state index contributed by atoms with van der Waals surface area (Å²) in [6, 6.07) is 6.97. The van der Waals surface area contributed by atoms with Crippen molar-refractivity contribution in [3.63, 3.8) is 0 Å². The molecule has 1 atom stereocenters. The Kier molecular flexibility index (Phi) is 6.48. The first-order valence-corrected chi connectivity index (χ1v) is 9.96. The lowest BCUT2D eigenvalue weighted by atomic mass is 9.94. The molecule has 6 heteroatoms. The average Bonchev–Trinajstić information content (AvgIpc) is 3.09. The van der Waals surface area contributed by atoms with E-state index in [0.29, 0.717) is 30.4 Å². The van der Waals surface area contributed by atoms with Gasteiger partial charge in [0.15, 0.2) is 0 Å². The van der Waals surface area contributed by atoms with Crippen LogP contribution in [0.15, 0.2) is 24.3 Å². The number of likely N-dealkylation sites (tertiary alicyclic amines) is 1. The van der Waals surface area contributed by atoms with Crippen molar-refractivity contribution in [2.75, 3.05) is 18.5 Å². The highest BCUT2D eigenvalue weighted by Gasteiger charge is 2.38. The highest BCUT2D eigenvalue weighted by molar-refractivity contribution is 5.97. The lowest BCUT2D eigenvalue weighted by Gasteiger charge is -2.31. The molecule has 1 N–H and O–H groups in total. The molecule has 0 bridgehead atoms. The smallest absolute Gasteiger partial charge is 0.338 e. The third-order valence-corrected chi connectivity index (χ3v) is 5.37. The number of carbonyl (C=O) groups is 3. The summed E-state index contributed by atoms with van der Waals surface area (Å²) in [6.45, 7) is 2.84. The highest BCUT2D eigenvalue weighted by Crippen LogP contribution is 2.29. The quantitative estimate of drug-likeness (QED) is 0.777. The van der Waals surface area contributed by atoms with Crippen molar-refractivity contribution in [3.05, 3.63) is 29.8 Å². The van der Waals surface area contributed by atoms with Gasteiger partial charge in [0.1, 0.15) is 0 Å². The van der Waals surface area contributed by atoms with Crippen molar-refractivity contribution in [2.45, 2.75) is 57.9 Å². The van der Waals surface area contributed by atoms with E-state index in [2.05, 4.69) is 5.32 Å². The van der Waals surface area contributed by atoms with Gasteiger partial charge in [0, 0.05) is 24.7 Å². The van der Waals surface area contributed by atoms with Crippen molar-refractivity contribution in [1.29, 1.82) is 0 Å². The standard InChI is InChI=1S/C21H28N2O4/c1-2-12-27-21(26)15-8-10-17(11-9-15)22-20(25)16-13-19(24)23(14-16)18-6-4-3-5-7-18/h8-11,16,18H,2-7,12-14H2,1H3,(H,22,25)/t16-/m0/s1. The Labute approximate surface area is 160 Å². The van der Waals surface area contributed by atoms with Crippen molar-refractivity contribution < 1.29 is 19.1 Å². The van der Waals surface area contributed by atoms with Crippen LogP contribution in [0, 0.1) is 5.92 Å². The Morgan fingerprint density at radius 1 is 1.15 bits per heavy atom. The van der Waals surface area contributed by atoms with Crippen molar-refractivity contribution in [1.82, 2.24) is 4.90 Å². The average molecular weight is 372 g/mol. The lowest BCUT2D eigenvalue weighted by molar-refractivity contribution is -0.130. The molecule has 1 saturated carbocycles. The van der Waals surface area contributed by atoms with Crippen molar-refractivity contribution in [3.8, 4) is 0 Å². The van der Waals surface area contributed by atoms with Crippen LogP contribution in [0.3, 0.4) is 0 Å². The van der Waals surface area contributed by atoms with Gasteiger partial charge in [-0.25, -0.2) is 4.79 Å². The maximum atomic E-state index is 12.6. The second kappa shape index (κ2) is 9.02. The van der Waals surface area contributed by atoms with Crippen LogP contribution in [0.5, 0.6) is 0 Å². The fourth-order valence-corrected chi connectivity index (χ4v) is 3.86. The summed E-state index contributed by atoms with van der Waals surface area (Å²) in [7, 11) is 0. The number of nitrogens with zero attached hydrogens (tertiary/aromatic N) is 1. The number of hydrogen-bond acceptors (Lipinski definition) is 4. The van der Waals surface area contributed by atoms with E-state index in [0.717, 1.165) is 19.3 Å². The van der Waals surface area contributed by atoms with Crippen LogP contribution < -0.4 is 5.32 Å². The lowest BCUT2D eigenvalue weighted by Crippen LogP contribution is -2.38. The molecule has 0 aromatic heterocycles. The second-order valence-corrected chi connectivity index (χ2v) is 7.44. The van der Waals surface area contributed by atoms with E-state index in [-0.39, 0.29) is 30.1 Å². The van der Waals surface area contributed by atoms with Gasteiger partial charge in [-0.15, -0.1) is 0 Å². The summed E-state index contributed by atoms with van der Waals surface area (Å²) in [5, 5.41) is 2.87. The van der Waals surface area contributed by atoms with Gasteiger partial charge in [-0.2, -0.15) is 0 Å². The Balaban J connectivity index is 1.54. The Hall–Kier alpha value is -2.37. The molecule has 0 radical (unpaired) electrons. The number of ether oxygens (including phenoxy) is 1. The van der Waals surface area contributed by atoms with Crippen LogP contribution in [0.2, 0.25) is 0 Å². The van der Waals surface area contributed by atoms with Gasteiger partial charge in [-0.3, -0.25) is 9.59 Å². The first kappa shape index (κ1) is 19.4. The number of hydrogen-bond donors (Lipinski definition) is 1. The largest absolute Gasteiger partial charge is 0.462 e. The van der Waals surface area contributed by atoms with Crippen LogP contribution >= 0.6 is 0 Å². The summed E-state index contributed by atoms with van der Waals surface area (Å²) in [4.78, 5) is 38.6. The molecule has 146 valence electrons. The van der Waals surface area contributed by atoms with E-state index in [1.54, 1.807) is 24.3 Å². The Morgan fingerprint density at radius 3 is 2.52 bits per heavy atom. The maximum absolute atomic E-state index is 12.6. The van der Waals surface area contributed by atoms with Gasteiger partial charge < -0.3 is 15.0 Å². The number of carbonyl (C=O) groups excluding carboxylic acids is 3. The van der Waals surface area contributed by atoms with E-state index in [9.17, 15) is 14.4 Å². The molecule has 2 aliphatic rings. The zero-order chi connectivity index (χ0) is 19.2. The molecular weight excluding hydrogens is 344 g/mol. The Morgan fingerprint density at radius 2 is 1.85 bits per heavy atom. The zero-order valence-corrected chi connectivity index (χ0v) is 15.9. The fourth-order valence-electron chi connectivity index (χ4n) is 3.86. The van der Waals surface area contributed by atoms with Crippen LogP contribution in [0.1, 0.15) is 62.2 Å². The molecule has 6 nitrogen and oxygen atoms in total. The summed E-state index contributed by atoms with van der Waals surface area (Å²) < 4.78 is 5.09. The fraction of sp³-hybridized carbons (Fsp3) is 0.571. The minimum absolute atomic E-state index is 0.0936. The maximum Gasteiger partial charge on any atom is 0.338 e. The molecule has 1 aliphatic heterocycles. The van der Waals surface area contributed by atoms with Gasteiger partial charge in [-0.05, 0) is 43.5 Å². The molecule has 2 amide bonds. The molecule has 2 fully saturated rings. The minimum Gasteiger partial charge on any atom is -0.462 e. The van der Waals surface area contributed by atoms with Gasteiger partial charge in [0.25, 0.3) is 0 Å². The first-order chi connectivity index (χ1) is 13.1. The molecule has 1 aromatic carbocycles. The normalized spacial score (nSPS) is 20.6. The molecular formula is C21H28N2O4. The highest BCUT2D eigenvalue weighted by atomic mass is 16.5. The van der Waals surface area contributed by atoms with E-state index < -0.39 is 0 Å². The van der Waals surface area contributed by atoms with E-state index in [1.165, 1.54) is 19.3 Å². The number of benzene rings is 1. The van der Waals surface area contributed by atoms with Crippen LogP contribution in [0.4, 0.5) is 5.69 Å². The monoisotopic (exact) mass is 372 g/mol. The molecule has 1 saturated heterocycles. The second-order valence-electron chi connectivity index (χ2n) is 7.44. The van der Waals surface area contributed by atoms with Gasteiger partial charge >= 0.3 is 5.97 Å². The van der Waals surface area contributed by atoms with Crippen molar-refractivity contribution in [2.24, 2.45) is 5.92 Å². The summed E-state index contributed by atoms with van der Waals surface area (Å²) in [6.07, 6.45) is 6.73. The number of nitrogens with one attached hydrogen (secondary N) is 1. The molecule has 0 spiro atoms. The molecule has 1 heterocycles. The summed E-state index contributed by atoms with van der Waals surface area (Å²) in [5.41, 5.74) is 1.08. The van der Waals surface area contributed by atoms with E-state index >= 15 is 0 Å². The molecule has 0 unspecified atom stereocenters. The summed E-state index contributed by atoms with van der Waals surface area (Å²) >= 11 is 0. The molecule has 1 aromatic rings. The molecule has 3 rings (SSSR count). The van der Waals surface area contributed by atoms with Crippen LogP contribution in [0.25, 0.3) is 0 Å². The minimum atomic E-state index is -0.362. The van der Waals surface area contributed by atoms with E-state index in [4.69, 9.17) is 4.74 Å². The first-order valence-electron chi connectivity index (χ1n) is 9.96. The van der Waals surface area contributed by atoms with Gasteiger partial charge in [0.2, 0.25) is 11.8 Å². The SMILES string of the molecule is CCCOC(=O)c1ccc(NC(=O)[C@H]2CC(=O)N(C3CCCCC3)C2)cc1. The third-order valence-electron chi connectivity index (χ3n) is 5.37. The Bertz CT molecular complexity index is 680. The number of esters is 1. The van der Waals surface area contributed by atoms with E-state index in [1.807, 2.05) is 11.8 Å².